The van der Waals surface area contributed by atoms with Crippen molar-refractivity contribution in [2.24, 2.45) is 0 Å². The highest BCUT2D eigenvalue weighted by molar-refractivity contribution is 5.72. The molecule has 0 amide bonds. The summed E-state index contributed by atoms with van der Waals surface area (Å²) in [5.74, 6) is -0.886. The Balaban J connectivity index is 2.57. The van der Waals surface area contributed by atoms with Gasteiger partial charge in [-0.1, -0.05) is 43.2 Å². The van der Waals surface area contributed by atoms with E-state index in [-0.39, 0.29) is 0 Å². The summed E-state index contributed by atoms with van der Waals surface area (Å²) in [5.41, 5.74) is 2.15. The second kappa shape index (κ2) is 7.07. The molecule has 0 saturated heterocycles. The molecule has 1 rings (SSSR count). The van der Waals surface area contributed by atoms with Gasteiger partial charge < -0.3 is 9.84 Å². The maximum atomic E-state index is 11.1. The highest BCUT2D eigenvalue weighted by Crippen LogP contribution is 2.09. The first-order valence-electron chi connectivity index (χ1n) is 6.03. The number of hydrogen-bond acceptors (Lipinski definition) is 2. The van der Waals surface area contributed by atoms with Crippen LogP contribution in [0.5, 0.6) is 0 Å². The van der Waals surface area contributed by atoms with Gasteiger partial charge in [0.2, 0.25) is 0 Å². The molecular weight excluding hydrogens is 216 g/mol. The first-order valence-corrected chi connectivity index (χ1v) is 6.03. The number of aryl methyl sites for hydroxylation is 1. The van der Waals surface area contributed by atoms with E-state index in [2.05, 4.69) is 6.92 Å². The molecule has 3 nitrogen and oxygen atoms in total. The van der Waals surface area contributed by atoms with Gasteiger partial charge in [-0.2, -0.15) is 0 Å². The van der Waals surface area contributed by atoms with E-state index in [9.17, 15) is 4.79 Å². The number of carboxylic acids is 1. The summed E-state index contributed by atoms with van der Waals surface area (Å²) in [5, 5.41) is 9.08. The fourth-order valence-electron chi connectivity index (χ4n) is 1.64. The average Bonchev–Trinajstić information content (AvgIpc) is 2.28. The van der Waals surface area contributed by atoms with Crippen molar-refractivity contribution in [2.75, 3.05) is 6.61 Å². The van der Waals surface area contributed by atoms with Crippen LogP contribution in [0.2, 0.25) is 0 Å². The van der Waals surface area contributed by atoms with Crippen molar-refractivity contribution in [2.45, 2.75) is 39.2 Å². The number of benzene rings is 1. The number of aliphatic carboxylic acids is 1. The molecule has 0 saturated carbocycles. The van der Waals surface area contributed by atoms with E-state index < -0.39 is 12.1 Å². The molecule has 1 N–H and O–H groups in total. The lowest BCUT2D eigenvalue weighted by atomic mass is 10.1. The Labute approximate surface area is 102 Å². The zero-order valence-corrected chi connectivity index (χ0v) is 10.5. The quantitative estimate of drug-likeness (QED) is 0.740. The topological polar surface area (TPSA) is 46.5 Å². The summed E-state index contributed by atoms with van der Waals surface area (Å²) in [4.78, 5) is 11.1. The van der Waals surface area contributed by atoms with Gasteiger partial charge in [0.25, 0.3) is 0 Å². The van der Waals surface area contributed by atoms with Crippen molar-refractivity contribution in [1.82, 2.24) is 0 Å². The van der Waals surface area contributed by atoms with Crippen molar-refractivity contribution in [1.29, 1.82) is 0 Å². The Kier molecular flexibility index (Phi) is 5.70. The zero-order chi connectivity index (χ0) is 12.7. The molecule has 0 aliphatic carbocycles. The van der Waals surface area contributed by atoms with Crippen molar-refractivity contribution in [3.63, 3.8) is 0 Å². The maximum absolute atomic E-state index is 11.1. The van der Waals surface area contributed by atoms with Gasteiger partial charge in [0, 0.05) is 13.0 Å². The minimum Gasteiger partial charge on any atom is -0.479 e. The molecule has 0 radical (unpaired) electrons. The minimum absolute atomic E-state index is 0.431. The number of carbonyl (C=O) groups is 1. The van der Waals surface area contributed by atoms with Crippen LogP contribution < -0.4 is 0 Å². The van der Waals surface area contributed by atoms with Crippen LogP contribution in [0.25, 0.3) is 0 Å². The lowest BCUT2D eigenvalue weighted by Crippen LogP contribution is -2.26. The van der Waals surface area contributed by atoms with Gasteiger partial charge in [-0.25, -0.2) is 4.79 Å². The molecule has 1 aromatic carbocycles. The summed E-state index contributed by atoms with van der Waals surface area (Å²) < 4.78 is 5.39. The highest BCUT2D eigenvalue weighted by Gasteiger charge is 2.18. The molecule has 1 aromatic rings. The predicted octanol–water partition coefficient (Wildman–Crippen LogP) is 2.81. The average molecular weight is 236 g/mol. The monoisotopic (exact) mass is 236 g/mol. The van der Waals surface area contributed by atoms with Gasteiger partial charge in [0.05, 0.1) is 0 Å². The van der Waals surface area contributed by atoms with E-state index in [1.54, 1.807) is 0 Å². The van der Waals surface area contributed by atoms with Crippen LogP contribution in [-0.2, 0) is 16.0 Å². The zero-order valence-electron chi connectivity index (χ0n) is 10.5. The largest absolute Gasteiger partial charge is 0.479 e. The van der Waals surface area contributed by atoms with Gasteiger partial charge in [-0.3, -0.25) is 0 Å². The summed E-state index contributed by atoms with van der Waals surface area (Å²) in [7, 11) is 0. The summed E-state index contributed by atoms with van der Waals surface area (Å²) >= 11 is 0. The van der Waals surface area contributed by atoms with Crippen molar-refractivity contribution in [3.05, 3.63) is 35.4 Å². The third-order valence-electron chi connectivity index (χ3n) is 2.60. The molecule has 0 aromatic heterocycles. The van der Waals surface area contributed by atoms with Crippen LogP contribution in [0.15, 0.2) is 24.3 Å². The van der Waals surface area contributed by atoms with Crippen molar-refractivity contribution >= 4 is 5.97 Å². The molecule has 0 fully saturated rings. The highest BCUT2D eigenvalue weighted by atomic mass is 16.5. The number of ether oxygens (including phenoxy) is 1. The minimum atomic E-state index is -0.886. The summed E-state index contributed by atoms with van der Waals surface area (Å²) in [6.45, 7) is 4.57. The second-order valence-corrected chi connectivity index (χ2v) is 4.24. The molecule has 0 spiro atoms. The van der Waals surface area contributed by atoms with Crippen LogP contribution >= 0.6 is 0 Å². The van der Waals surface area contributed by atoms with Crippen LogP contribution in [0, 0.1) is 6.92 Å². The van der Waals surface area contributed by atoms with Crippen LogP contribution in [0.3, 0.4) is 0 Å². The molecule has 0 heterocycles. The van der Waals surface area contributed by atoms with E-state index in [0.717, 1.165) is 24.0 Å². The van der Waals surface area contributed by atoms with Crippen LogP contribution in [0.4, 0.5) is 0 Å². The van der Waals surface area contributed by atoms with Gasteiger partial charge in [-0.05, 0) is 18.9 Å². The maximum Gasteiger partial charge on any atom is 0.333 e. The van der Waals surface area contributed by atoms with Crippen molar-refractivity contribution in [3.8, 4) is 0 Å². The second-order valence-electron chi connectivity index (χ2n) is 4.24. The Bertz CT molecular complexity index is 360. The lowest BCUT2D eigenvalue weighted by Gasteiger charge is -2.13. The molecule has 0 aliphatic heterocycles. The van der Waals surface area contributed by atoms with E-state index in [4.69, 9.17) is 9.84 Å². The number of carboxylic acid groups (broad SMARTS) is 1. The molecule has 3 heteroatoms. The third kappa shape index (κ3) is 5.00. The third-order valence-corrected chi connectivity index (χ3v) is 2.60. The van der Waals surface area contributed by atoms with Gasteiger partial charge in [-0.15, -0.1) is 0 Å². The first kappa shape index (κ1) is 13.7. The smallest absolute Gasteiger partial charge is 0.333 e. The SMILES string of the molecule is CCCCO[C@@H](Cc1cccc(C)c1)C(=O)O. The van der Waals surface area contributed by atoms with E-state index in [1.165, 1.54) is 0 Å². The van der Waals surface area contributed by atoms with E-state index in [0.29, 0.717) is 13.0 Å². The Morgan fingerprint density at radius 1 is 1.47 bits per heavy atom. The van der Waals surface area contributed by atoms with Gasteiger partial charge >= 0.3 is 5.97 Å². The number of rotatable bonds is 7. The standard InChI is InChI=1S/C14H20O3/c1-3-4-8-17-13(14(15)16)10-12-7-5-6-11(2)9-12/h5-7,9,13H,3-4,8,10H2,1-2H3,(H,15,16)/t13-/m0/s1. The Morgan fingerprint density at radius 3 is 2.82 bits per heavy atom. The Morgan fingerprint density at radius 2 is 2.24 bits per heavy atom. The molecule has 0 bridgehead atoms. The molecule has 1 atom stereocenters. The first-order chi connectivity index (χ1) is 8.13. The van der Waals surface area contributed by atoms with Crippen LogP contribution in [0.1, 0.15) is 30.9 Å². The fraction of sp³-hybridized carbons (Fsp3) is 0.500. The van der Waals surface area contributed by atoms with Gasteiger partial charge in [0.15, 0.2) is 6.10 Å². The molecular formula is C14H20O3. The van der Waals surface area contributed by atoms with E-state index in [1.807, 2.05) is 31.2 Å². The van der Waals surface area contributed by atoms with Crippen molar-refractivity contribution < 1.29 is 14.6 Å². The van der Waals surface area contributed by atoms with E-state index >= 15 is 0 Å². The lowest BCUT2D eigenvalue weighted by molar-refractivity contribution is -0.150. The number of unbranched alkanes of at least 4 members (excludes halogenated alkanes) is 1. The molecule has 0 aliphatic rings. The Hall–Kier alpha value is -1.35. The summed E-state index contributed by atoms with van der Waals surface area (Å²) in [6, 6.07) is 7.87. The van der Waals surface area contributed by atoms with Gasteiger partial charge in [0.1, 0.15) is 0 Å². The molecule has 0 unspecified atom stereocenters. The normalized spacial score (nSPS) is 12.4. The fourth-order valence-corrected chi connectivity index (χ4v) is 1.64. The molecule has 17 heavy (non-hydrogen) atoms. The van der Waals surface area contributed by atoms with Crippen LogP contribution in [-0.4, -0.2) is 23.8 Å². The number of hydrogen-bond donors (Lipinski definition) is 1. The summed E-state index contributed by atoms with van der Waals surface area (Å²) in [6.07, 6.45) is 1.61. The molecule has 94 valence electrons. The predicted molar refractivity (Wildman–Crippen MR) is 67.2 cm³/mol.